The number of rotatable bonds is 8. The third-order valence-corrected chi connectivity index (χ3v) is 3.63. The first-order valence-electron chi connectivity index (χ1n) is 5.60. The molecule has 0 spiro atoms. The maximum Gasteiger partial charge on any atom is 0.144 e. The van der Waals surface area contributed by atoms with Crippen LogP contribution in [0.5, 0.6) is 0 Å². The van der Waals surface area contributed by atoms with E-state index in [4.69, 9.17) is 10.9 Å². The summed E-state index contributed by atoms with van der Waals surface area (Å²) in [6.07, 6.45) is 4.84. The molecule has 0 aromatic carbocycles. The van der Waals surface area contributed by atoms with Crippen molar-refractivity contribution in [2.75, 3.05) is 11.5 Å². The van der Waals surface area contributed by atoms with Crippen LogP contribution in [0, 0.1) is 5.41 Å². The summed E-state index contributed by atoms with van der Waals surface area (Å²) in [5.74, 6) is 2.63. The summed E-state index contributed by atoms with van der Waals surface area (Å²) in [4.78, 5) is 0. The van der Waals surface area contributed by atoms with E-state index in [9.17, 15) is 0 Å². The van der Waals surface area contributed by atoms with Crippen LogP contribution in [0.4, 0.5) is 0 Å². The molecule has 4 heteroatoms. The fourth-order valence-corrected chi connectivity index (χ4v) is 2.41. The predicted octanol–water partition coefficient (Wildman–Crippen LogP) is 3.07. The number of nitrogens with two attached hydrogens (primary N) is 1. The third-order valence-electron chi connectivity index (χ3n) is 2.56. The Morgan fingerprint density at radius 2 is 2.00 bits per heavy atom. The van der Waals surface area contributed by atoms with Crippen LogP contribution in [0.25, 0.3) is 0 Å². The number of nitrogens with zero attached hydrogens (tertiary/aromatic N) is 1. The fourth-order valence-electron chi connectivity index (χ4n) is 1.15. The van der Waals surface area contributed by atoms with Gasteiger partial charge < -0.3 is 10.9 Å². The van der Waals surface area contributed by atoms with Crippen LogP contribution in [0.2, 0.25) is 0 Å². The molecular formula is C11H24N2OS. The van der Waals surface area contributed by atoms with Crippen molar-refractivity contribution in [3.8, 4) is 0 Å². The first-order valence-corrected chi connectivity index (χ1v) is 6.75. The summed E-state index contributed by atoms with van der Waals surface area (Å²) in [5.41, 5.74) is 5.42. The predicted molar refractivity (Wildman–Crippen MR) is 68.7 cm³/mol. The van der Waals surface area contributed by atoms with Crippen LogP contribution in [-0.2, 0) is 0 Å². The highest BCUT2D eigenvalue weighted by Crippen LogP contribution is 2.23. The lowest BCUT2D eigenvalue weighted by Crippen LogP contribution is -2.32. The number of hydrogen-bond donors (Lipinski definition) is 2. The molecule has 0 aromatic heterocycles. The van der Waals surface area contributed by atoms with E-state index in [1.807, 2.05) is 25.6 Å². The van der Waals surface area contributed by atoms with Crippen LogP contribution < -0.4 is 5.73 Å². The van der Waals surface area contributed by atoms with Crippen molar-refractivity contribution >= 4 is 17.6 Å². The summed E-state index contributed by atoms with van der Waals surface area (Å²) < 4.78 is 0. The lowest BCUT2D eigenvalue weighted by molar-refractivity contribution is 0.307. The van der Waals surface area contributed by atoms with Gasteiger partial charge in [-0.2, -0.15) is 11.8 Å². The molecular weight excluding hydrogens is 208 g/mol. The van der Waals surface area contributed by atoms with E-state index in [-0.39, 0.29) is 5.41 Å². The Morgan fingerprint density at radius 1 is 1.33 bits per heavy atom. The monoisotopic (exact) mass is 232 g/mol. The Labute approximate surface area is 97.5 Å². The van der Waals surface area contributed by atoms with Crippen LogP contribution in [0.1, 0.15) is 46.5 Å². The van der Waals surface area contributed by atoms with Crippen molar-refractivity contribution in [2.45, 2.75) is 46.5 Å². The second-order valence-corrected chi connectivity index (χ2v) is 5.66. The average molecular weight is 232 g/mol. The van der Waals surface area contributed by atoms with Gasteiger partial charge in [-0.15, -0.1) is 0 Å². The van der Waals surface area contributed by atoms with Gasteiger partial charge in [0.15, 0.2) is 0 Å². The molecule has 0 rings (SSSR count). The zero-order valence-corrected chi connectivity index (χ0v) is 10.9. The van der Waals surface area contributed by atoms with Gasteiger partial charge >= 0.3 is 0 Å². The highest BCUT2D eigenvalue weighted by Gasteiger charge is 2.22. The Bertz CT molecular complexity index is 193. The van der Waals surface area contributed by atoms with Crippen LogP contribution >= 0.6 is 11.8 Å². The van der Waals surface area contributed by atoms with Gasteiger partial charge in [0.05, 0.1) is 0 Å². The molecule has 90 valence electrons. The van der Waals surface area contributed by atoms with E-state index in [1.54, 1.807) is 0 Å². The van der Waals surface area contributed by atoms with Crippen molar-refractivity contribution in [2.24, 2.45) is 16.3 Å². The quantitative estimate of drug-likeness (QED) is 0.222. The molecule has 3 N–H and O–H groups in total. The van der Waals surface area contributed by atoms with Gasteiger partial charge in [-0.3, -0.25) is 0 Å². The zero-order chi connectivity index (χ0) is 11.7. The summed E-state index contributed by atoms with van der Waals surface area (Å²) in [6, 6.07) is 0. The Hall–Kier alpha value is -0.380. The van der Waals surface area contributed by atoms with Gasteiger partial charge in [0.1, 0.15) is 5.84 Å². The van der Waals surface area contributed by atoms with Crippen molar-refractivity contribution in [1.82, 2.24) is 0 Å². The Kier molecular flexibility index (Phi) is 7.65. The molecule has 0 aromatic rings. The van der Waals surface area contributed by atoms with E-state index >= 15 is 0 Å². The van der Waals surface area contributed by atoms with Crippen molar-refractivity contribution in [3.05, 3.63) is 0 Å². The summed E-state index contributed by atoms with van der Waals surface area (Å²) in [6.45, 7) is 6.23. The molecule has 0 saturated carbocycles. The maximum atomic E-state index is 8.60. The number of thioether (sulfide) groups is 1. The Morgan fingerprint density at radius 3 is 2.53 bits per heavy atom. The topological polar surface area (TPSA) is 58.6 Å². The minimum Gasteiger partial charge on any atom is -0.409 e. The second-order valence-electron chi connectivity index (χ2n) is 4.44. The van der Waals surface area contributed by atoms with Gasteiger partial charge in [0.2, 0.25) is 0 Å². The van der Waals surface area contributed by atoms with E-state index in [2.05, 4.69) is 12.1 Å². The molecule has 0 fully saturated rings. The van der Waals surface area contributed by atoms with Gasteiger partial charge in [0.25, 0.3) is 0 Å². The maximum absolute atomic E-state index is 8.60. The van der Waals surface area contributed by atoms with Crippen LogP contribution in [0.3, 0.4) is 0 Å². The smallest absolute Gasteiger partial charge is 0.144 e. The Balaban J connectivity index is 3.58. The minimum absolute atomic E-state index is 0.188. The number of hydrogen-bond acceptors (Lipinski definition) is 3. The first kappa shape index (κ1) is 14.6. The third kappa shape index (κ3) is 6.66. The van der Waals surface area contributed by atoms with E-state index in [0.717, 1.165) is 12.2 Å². The van der Waals surface area contributed by atoms with Crippen molar-refractivity contribution in [3.63, 3.8) is 0 Å². The molecule has 0 saturated heterocycles. The van der Waals surface area contributed by atoms with Gasteiger partial charge in [0, 0.05) is 5.41 Å². The first-order chi connectivity index (χ1) is 7.04. The molecule has 0 bridgehead atoms. The largest absolute Gasteiger partial charge is 0.409 e. The molecule has 0 aliphatic carbocycles. The molecule has 0 amide bonds. The van der Waals surface area contributed by atoms with Gasteiger partial charge in [-0.05, 0) is 24.3 Å². The molecule has 0 radical (unpaired) electrons. The molecule has 0 atom stereocenters. The molecule has 0 aliphatic heterocycles. The summed E-state index contributed by atoms with van der Waals surface area (Å²) in [7, 11) is 0. The molecule has 3 nitrogen and oxygen atoms in total. The molecule has 0 heterocycles. The van der Waals surface area contributed by atoms with E-state index in [1.165, 1.54) is 25.0 Å². The lowest BCUT2D eigenvalue weighted by atomic mass is 9.89. The number of oxime groups is 1. The van der Waals surface area contributed by atoms with Gasteiger partial charge in [-0.1, -0.05) is 38.8 Å². The van der Waals surface area contributed by atoms with Crippen LogP contribution in [0.15, 0.2) is 5.16 Å². The van der Waals surface area contributed by atoms with Crippen molar-refractivity contribution < 1.29 is 5.21 Å². The van der Waals surface area contributed by atoms with E-state index in [0.29, 0.717) is 5.84 Å². The normalized spacial score (nSPS) is 13.1. The standard InChI is InChI=1S/C11H24N2OS/c1-4-5-6-8-15-9-7-11(2,3)10(12)13-14/h14H,4-9H2,1-3H3,(H2,12,13). The van der Waals surface area contributed by atoms with E-state index < -0.39 is 0 Å². The van der Waals surface area contributed by atoms with Gasteiger partial charge in [-0.25, -0.2) is 0 Å². The minimum atomic E-state index is -0.188. The highest BCUT2D eigenvalue weighted by atomic mass is 32.2. The lowest BCUT2D eigenvalue weighted by Gasteiger charge is -2.22. The number of unbranched alkanes of at least 4 members (excludes halogenated alkanes) is 2. The van der Waals surface area contributed by atoms with Crippen LogP contribution in [-0.4, -0.2) is 22.5 Å². The summed E-state index contributed by atoms with van der Waals surface area (Å²) in [5, 5.41) is 11.7. The highest BCUT2D eigenvalue weighted by molar-refractivity contribution is 7.99. The molecule has 0 unspecified atom stereocenters. The summed E-state index contributed by atoms with van der Waals surface area (Å²) >= 11 is 1.96. The number of amidine groups is 1. The zero-order valence-electron chi connectivity index (χ0n) is 10.1. The molecule has 0 aliphatic rings. The fraction of sp³-hybridized carbons (Fsp3) is 0.909. The SMILES string of the molecule is CCCCCSCCC(C)(C)C(N)=NO. The van der Waals surface area contributed by atoms with Crippen molar-refractivity contribution in [1.29, 1.82) is 0 Å². The average Bonchev–Trinajstić information content (AvgIpc) is 2.22. The molecule has 15 heavy (non-hydrogen) atoms. The second kappa shape index (κ2) is 7.85.